The molecule has 0 bridgehead atoms. The molecule has 0 aromatic heterocycles. The van der Waals surface area contributed by atoms with E-state index in [0.29, 0.717) is 31.6 Å². The van der Waals surface area contributed by atoms with Gasteiger partial charge in [0.05, 0.1) is 14.6 Å². The molecule has 4 rings (SSSR count). The second-order valence-corrected chi connectivity index (χ2v) is 11.0. The van der Waals surface area contributed by atoms with Gasteiger partial charge in [-0.25, -0.2) is 9.69 Å². The van der Waals surface area contributed by atoms with Crippen molar-refractivity contribution in [3.63, 3.8) is 0 Å². The lowest BCUT2D eigenvalue weighted by Crippen LogP contribution is -2.54. The minimum Gasteiger partial charge on any atom is -0.481 e. The number of amides is 5. The number of rotatable bonds is 6. The summed E-state index contributed by atoms with van der Waals surface area (Å²) in [7, 11) is 0. The lowest BCUT2D eigenvalue weighted by molar-refractivity contribution is -0.122. The number of carbonyl (C=O) groups excluding carboxylic acids is 4. The number of hydrogen-bond acceptors (Lipinski definition) is 5. The minimum absolute atomic E-state index is 0.215. The van der Waals surface area contributed by atoms with Crippen molar-refractivity contribution < 1.29 is 23.9 Å². The Labute approximate surface area is 243 Å². The smallest absolute Gasteiger partial charge is 0.335 e. The van der Waals surface area contributed by atoms with E-state index in [-0.39, 0.29) is 18.1 Å². The van der Waals surface area contributed by atoms with E-state index in [9.17, 15) is 19.2 Å². The third kappa shape index (κ3) is 6.23. The number of nitrogens with zero attached hydrogens (tertiary/aromatic N) is 1. The van der Waals surface area contributed by atoms with Gasteiger partial charge >= 0.3 is 6.03 Å². The predicted molar refractivity (Wildman–Crippen MR) is 155 cm³/mol. The van der Waals surface area contributed by atoms with Gasteiger partial charge in [0, 0.05) is 10.2 Å². The van der Waals surface area contributed by atoms with Gasteiger partial charge in [-0.05, 0) is 117 Å². The number of halogens is 3. The van der Waals surface area contributed by atoms with Crippen LogP contribution in [0.5, 0.6) is 5.75 Å². The van der Waals surface area contributed by atoms with Crippen LogP contribution in [0.15, 0.2) is 73.6 Å². The van der Waals surface area contributed by atoms with Crippen LogP contribution in [0.1, 0.15) is 16.7 Å². The van der Waals surface area contributed by atoms with E-state index < -0.39 is 17.8 Å². The minimum atomic E-state index is -0.829. The molecule has 194 valence electrons. The van der Waals surface area contributed by atoms with Crippen LogP contribution in [-0.4, -0.2) is 30.4 Å². The zero-order valence-corrected chi connectivity index (χ0v) is 24.9. The Balaban J connectivity index is 1.51. The molecule has 1 saturated heterocycles. The molecule has 0 radical (unpaired) electrons. The largest absolute Gasteiger partial charge is 0.481 e. The molecule has 0 atom stereocenters. The van der Waals surface area contributed by atoms with Crippen LogP contribution >= 0.6 is 47.8 Å². The summed E-state index contributed by atoms with van der Waals surface area (Å²) in [6.45, 7) is 3.72. The van der Waals surface area contributed by atoms with Crippen LogP contribution in [0.4, 0.5) is 16.2 Å². The first-order valence-corrected chi connectivity index (χ1v) is 13.6. The SMILES string of the molecule is Cc1ccc(NC(=O)COc2c(Br)cc(/C=C3\C(=O)NC(=O)N(c4ccc(Br)cc4)C3=O)cc2Br)cc1C. The fraction of sp³-hybridized carbons (Fsp3) is 0.111. The van der Waals surface area contributed by atoms with Crippen LogP contribution in [0.3, 0.4) is 0 Å². The van der Waals surface area contributed by atoms with Crippen molar-refractivity contribution in [2.45, 2.75) is 13.8 Å². The molecule has 11 heteroatoms. The van der Waals surface area contributed by atoms with Crippen molar-refractivity contribution in [1.29, 1.82) is 0 Å². The topological polar surface area (TPSA) is 105 Å². The Kier molecular flexibility index (Phi) is 8.49. The second-order valence-electron chi connectivity index (χ2n) is 8.38. The normalized spacial score (nSPS) is 14.5. The quantitative estimate of drug-likeness (QED) is 0.232. The molecule has 3 aromatic rings. The first-order chi connectivity index (χ1) is 18.0. The van der Waals surface area contributed by atoms with E-state index in [4.69, 9.17) is 4.74 Å². The van der Waals surface area contributed by atoms with E-state index in [2.05, 4.69) is 58.4 Å². The molecule has 1 aliphatic heterocycles. The van der Waals surface area contributed by atoms with Gasteiger partial charge in [0.2, 0.25) is 0 Å². The van der Waals surface area contributed by atoms with Crippen LogP contribution < -0.4 is 20.3 Å². The highest BCUT2D eigenvalue weighted by atomic mass is 79.9. The molecule has 8 nitrogen and oxygen atoms in total. The average molecular weight is 706 g/mol. The molecule has 1 fully saturated rings. The van der Waals surface area contributed by atoms with E-state index in [1.54, 1.807) is 36.4 Å². The fourth-order valence-corrected chi connectivity index (χ4v) is 5.32. The van der Waals surface area contributed by atoms with Gasteiger partial charge in [0.15, 0.2) is 6.61 Å². The summed E-state index contributed by atoms with van der Waals surface area (Å²) in [5, 5.41) is 5.00. The number of benzene rings is 3. The summed E-state index contributed by atoms with van der Waals surface area (Å²) >= 11 is 10.2. The summed E-state index contributed by atoms with van der Waals surface area (Å²) in [5.74, 6) is -1.52. The second kappa shape index (κ2) is 11.6. The number of hydrogen-bond donors (Lipinski definition) is 2. The highest BCUT2D eigenvalue weighted by Gasteiger charge is 2.36. The number of ether oxygens (including phenoxy) is 1. The Morgan fingerprint density at radius 3 is 2.24 bits per heavy atom. The van der Waals surface area contributed by atoms with Gasteiger partial charge < -0.3 is 10.1 Å². The summed E-state index contributed by atoms with van der Waals surface area (Å²) in [6.07, 6.45) is 1.38. The molecular formula is C27H20Br3N3O5. The van der Waals surface area contributed by atoms with Gasteiger partial charge in [-0.15, -0.1) is 0 Å². The molecule has 38 heavy (non-hydrogen) atoms. The lowest BCUT2D eigenvalue weighted by atomic mass is 10.1. The molecule has 0 saturated carbocycles. The number of urea groups is 1. The summed E-state index contributed by atoms with van der Waals surface area (Å²) in [6, 6.07) is 14.6. The third-order valence-electron chi connectivity index (χ3n) is 5.66. The molecular weight excluding hydrogens is 686 g/mol. The fourth-order valence-electron chi connectivity index (χ4n) is 3.60. The van der Waals surface area contributed by atoms with Gasteiger partial charge in [-0.3, -0.25) is 19.7 Å². The van der Waals surface area contributed by atoms with Crippen molar-refractivity contribution in [3.8, 4) is 5.75 Å². The molecule has 0 spiro atoms. The summed E-state index contributed by atoms with van der Waals surface area (Å²) < 4.78 is 7.46. The Morgan fingerprint density at radius 2 is 1.61 bits per heavy atom. The molecule has 5 amide bonds. The monoisotopic (exact) mass is 703 g/mol. The first kappa shape index (κ1) is 27.7. The standard InChI is InChI=1S/C27H20Br3N3O5/c1-14-3-6-18(9-15(14)2)31-23(34)13-38-24-21(29)11-16(12-22(24)30)10-20-25(35)32-27(37)33(26(20)36)19-7-4-17(28)5-8-19/h3-12H,13H2,1-2H3,(H,31,34)(H,32,35,37)/b20-10+. The number of aryl methyl sites for hydroxylation is 2. The molecule has 1 heterocycles. The third-order valence-corrected chi connectivity index (χ3v) is 7.36. The molecule has 0 aliphatic carbocycles. The van der Waals surface area contributed by atoms with Gasteiger partial charge in [0.25, 0.3) is 17.7 Å². The number of barbiturate groups is 1. The van der Waals surface area contributed by atoms with Crippen LogP contribution in [0, 0.1) is 13.8 Å². The molecule has 1 aliphatic rings. The van der Waals surface area contributed by atoms with E-state index in [0.717, 1.165) is 20.5 Å². The maximum absolute atomic E-state index is 13.1. The summed E-state index contributed by atoms with van der Waals surface area (Å²) in [5.41, 5.74) is 3.45. The van der Waals surface area contributed by atoms with Gasteiger partial charge in [-0.2, -0.15) is 0 Å². The van der Waals surface area contributed by atoms with Crippen molar-refractivity contribution in [2.75, 3.05) is 16.8 Å². The zero-order valence-electron chi connectivity index (χ0n) is 20.1. The zero-order chi connectivity index (χ0) is 27.6. The Bertz CT molecular complexity index is 1480. The first-order valence-electron chi connectivity index (χ1n) is 11.2. The van der Waals surface area contributed by atoms with Crippen molar-refractivity contribution in [1.82, 2.24) is 5.32 Å². The van der Waals surface area contributed by atoms with Crippen molar-refractivity contribution in [3.05, 3.63) is 90.3 Å². The average Bonchev–Trinajstić information content (AvgIpc) is 2.84. The number of imide groups is 2. The maximum atomic E-state index is 13.1. The van der Waals surface area contributed by atoms with Crippen molar-refractivity contribution >= 4 is 89.0 Å². The molecule has 2 N–H and O–H groups in total. The number of nitrogens with one attached hydrogen (secondary N) is 2. The highest BCUT2D eigenvalue weighted by molar-refractivity contribution is 9.11. The number of carbonyl (C=O) groups is 4. The van der Waals surface area contributed by atoms with E-state index >= 15 is 0 Å². The Morgan fingerprint density at radius 1 is 0.947 bits per heavy atom. The highest BCUT2D eigenvalue weighted by Crippen LogP contribution is 2.36. The van der Waals surface area contributed by atoms with Crippen LogP contribution in [0.25, 0.3) is 6.08 Å². The summed E-state index contributed by atoms with van der Waals surface area (Å²) in [4.78, 5) is 51.3. The Hall–Kier alpha value is -3.28. The number of anilines is 2. The molecule has 3 aromatic carbocycles. The predicted octanol–water partition coefficient (Wildman–Crippen LogP) is 6.27. The van der Waals surface area contributed by atoms with E-state index in [1.165, 1.54) is 6.08 Å². The maximum Gasteiger partial charge on any atom is 0.335 e. The van der Waals surface area contributed by atoms with Crippen molar-refractivity contribution in [2.24, 2.45) is 0 Å². The van der Waals surface area contributed by atoms with Crippen LogP contribution in [-0.2, 0) is 14.4 Å². The lowest BCUT2D eigenvalue weighted by Gasteiger charge is -2.26. The van der Waals surface area contributed by atoms with Gasteiger partial charge in [0.1, 0.15) is 11.3 Å². The molecule has 0 unspecified atom stereocenters. The van der Waals surface area contributed by atoms with Crippen LogP contribution in [0.2, 0.25) is 0 Å². The van der Waals surface area contributed by atoms with E-state index in [1.807, 2.05) is 32.0 Å². The van der Waals surface area contributed by atoms with Gasteiger partial charge in [-0.1, -0.05) is 22.0 Å².